The Balaban J connectivity index is 2.26. The van der Waals surface area contributed by atoms with Crippen molar-refractivity contribution in [3.63, 3.8) is 0 Å². The molecule has 0 radical (unpaired) electrons. The summed E-state index contributed by atoms with van der Waals surface area (Å²) in [7, 11) is -8.90. The highest BCUT2D eigenvalue weighted by Crippen LogP contribution is 2.21. The molecule has 0 saturated carbocycles. The molecule has 0 unspecified atom stereocenters. The lowest BCUT2D eigenvalue weighted by Gasteiger charge is -2.19. The molecule has 0 fully saturated rings. The Labute approximate surface area is 148 Å². The van der Waals surface area contributed by atoms with Crippen molar-refractivity contribution in [3.05, 3.63) is 65.7 Å². The summed E-state index contributed by atoms with van der Waals surface area (Å²) in [6.07, 6.45) is 0.790. The largest absolute Gasteiger partial charge is 0.352 e. The Morgan fingerprint density at radius 1 is 0.960 bits per heavy atom. The lowest BCUT2D eigenvalue weighted by molar-refractivity contribution is 0.489. The zero-order valence-corrected chi connectivity index (χ0v) is 15.3. The lowest BCUT2D eigenvalue weighted by atomic mass is 10.1. The van der Waals surface area contributed by atoms with Crippen LogP contribution in [0.1, 0.15) is 17.5 Å². The highest BCUT2D eigenvalue weighted by Gasteiger charge is 2.34. The van der Waals surface area contributed by atoms with Gasteiger partial charge in [-0.3, -0.25) is 0 Å². The fourth-order valence-electron chi connectivity index (χ4n) is 2.29. The molecule has 0 spiro atoms. The van der Waals surface area contributed by atoms with Crippen LogP contribution in [0.2, 0.25) is 0 Å². The Hall–Kier alpha value is -2.10. The summed E-state index contributed by atoms with van der Waals surface area (Å²) in [5.41, 5.74) is 8.66. The predicted molar refractivity (Wildman–Crippen MR) is 93.9 cm³/mol. The minimum absolute atomic E-state index is 0.148. The van der Waals surface area contributed by atoms with E-state index in [2.05, 4.69) is 4.52 Å². The summed E-state index contributed by atoms with van der Waals surface area (Å²) in [6.45, 7) is 1.51. The zero-order chi connectivity index (χ0) is 18.5. The van der Waals surface area contributed by atoms with Crippen molar-refractivity contribution in [2.24, 2.45) is 4.52 Å². The van der Waals surface area contributed by atoms with Crippen molar-refractivity contribution in [1.82, 2.24) is 3.71 Å². The van der Waals surface area contributed by atoms with Gasteiger partial charge in [0.15, 0.2) is 0 Å². The molecule has 9 heteroatoms. The topological polar surface area (TPSA) is 108 Å². The fraction of sp³-hybridized carbons (Fsp3) is 0.250. The van der Waals surface area contributed by atoms with Crippen LogP contribution < -0.4 is 0 Å². The second-order valence-corrected chi connectivity index (χ2v) is 9.09. The maximum atomic E-state index is 12.7. The molecule has 0 atom stereocenters. The van der Waals surface area contributed by atoms with Gasteiger partial charge >= 0.3 is 10.2 Å². The van der Waals surface area contributed by atoms with E-state index < -0.39 is 20.2 Å². The fourth-order valence-corrected chi connectivity index (χ4v) is 5.18. The van der Waals surface area contributed by atoms with E-state index in [9.17, 15) is 16.8 Å². The second-order valence-electron chi connectivity index (χ2n) is 5.47. The van der Waals surface area contributed by atoms with Gasteiger partial charge in [-0.15, -0.1) is 0 Å². The van der Waals surface area contributed by atoms with Gasteiger partial charge in [0, 0.05) is 6.54 Å². The Morgan fingerprint density at radius 2 is 1.56 bits per heavy atom. The molecular formula is C16H19N3O4S2. The van der Waals surface area contributed by atoms with Crippen molar-refractivity contribution >= 4 is 20.2 Å². The summed E-state index contributed by atoms with van der Waals surface area (Å²) in [4.78, 5) is -0.148. The Bertz CT molecular complexity index is 925. The normalized spacial score (nSPS) is 12.2. The molecule has 0 aliphatic rings. The monoisotopic (exact) mass is 381 g/mol. The number of hydrogen-bond acceptors (Lipinski definition) is 5. The van der Waals surface area contributed by atoms with Crippen LogP contribution in [0.5, 0.6) is 0 Å². The maximum absolute atomic E-state index is 12.7. The van der Waals surface area contributed by atoms with Gasteiger partial charge in [-0.05, 0) is 37.5 Å². The molecule has 2 aromatic rings. The first-order chi connectivity index (χ1) is 11.8. The molecule has 134 valence electrons. The number of nitrogens with one attached hydrogen (secondary N) is 1. The second kappa shape index (κ2) is 7.85. The molecule has 25 heavy (non-hydrogen) atoms. The molecule has 2 aromatic carbocycles. The standard InChI is InChI=1S/C16H19N3O4S2/c1-14-9-11-16(12-10-14)24(20,21)19(25(22,23)18-17)13-5-8-15-6-3-2-4-7-15/h2-4,6-7,9-12,17H,5,8,13H2,1H3. The molecule has 0 bridgehead atoms. The lowest BCUT2D eigenvalue weighted by Crippen LogP contribution is -2.36. The molecule has 1 N–H and O–H groups in total. The van der Waals surface area contributed by atoms with Crippen molar-refractivity contribution in [2.45, 2.75) is 24.7 Å². The summed E-state index contributed by atoms with van der Waals surface area (Å²) < 4.78 is 52.2. The number of benzene rings is 2. The third kappa shape index (κ3) is 4.71. The van der Waals surface area contributed by atoms with Crippen LogP contribution in [-0.4, -0.2) is 27.1 Å². The number of aryl methyl sites for hydroxylation is 2. The van der Waals surface area contributed by atoms with E-state index >= 15 is 0 Å². The average Bonchev–Trinajstić information content (AvgIpc) is 2.59. The number of nitrogens with zero attached hydrogens (tertiary/aromatic N) is 2. The molecular weight excluding hydrogens is 362 g/mol. The van der Waals surface area contributed by atoms with Crippen molar-refractivity contribution in [2.75, 3.05) is 6.54 Å². The van der Waals surface area contributed by atoms with Crippen LogP contribution in [0.15, 0.2) is 64.0 Å². The third-order valence-corrected chi connectivity index (χ3v) is 7.28. The average molecular weight is 381 g/mol. The number of hydrogen-bond donors (Lipinski definition) is 1. The molecule has 0 aliphatic carbocycles. The van der Waals surface area contributed by atoms with E-state index in [0.717, 1.165) is 11.1 Å². The van der Waals surface area contributed by atoms with E-state index in [1.165, 1.54) is 12.1 Å². The summed E-state index contributed by atoms with van der Waals surface area (Å²) in [5, 5.41) is 0. The Kier molecular flexibility index (Phi) is 6.04. The van der Waals surface area contributed by atoms with Crippen molar-refractivity contribution in [3.8, 4) is 0 Å². The number of sulfonamides is 1. The molecule has 0 heterocycles. The van der Waals surface area contributed by atoms with Crippen LogP contribution in [0.4, 0.5) is 0 Å². The molecule has 0 saturated heterocycles. The molecule has 2 rings (SSSR count). The first-order valence-corrected chi connectivity index (χ1v) is 10.4. The van der Waals surface area contributed by atoms with E-state index in [1.54, 1.807) is 19.1 Å². The van der Waals surface area contributed by atoms with E-state index in [0.29, 0.717) is 10.1 Å². The van der Waals surface area contributed by atoms with E-state index in [1.807, 2.05) is 30.3 Å². The van der Waals surface area contributed by atoms with Crippen LogP contribution in [0.25, 0.3) is 0 Å². The third-order valence-electron chi connectivity index (χ3n) is 3.61. The highest BCUT2D eigenvalue weighted by molar-refractivity contribution is 8.03. The van der Waals surface area contributed by atoms with Gasteiger partial charge < -0.3 is 0 Å². The first kappa shape index (κ1) is 19.2. The van der Waals surface area contributed by atoms with Gasteiger partial charge in [0.25, 0.3) is 10.0 Å². The van der Waals surface area contributed by atoms with Gasteiger partial charge in [-0.2, -0.15) is 13.9 Å². The zero-order valence-electron chi connectivity index (χ0n) is 13.7. The first-order valence-electron chi connectivity index (χ1n) is 7.54. The molecule has 0 amide bonds. The van der Waals surface area contributed by atoms with Gasteiger partial charge in [0.1, 0.15) is 0 Å². The van der Waals surface area contributed by atoms with Crippen LogP contribution in [0.3, 0.4) is 0 Å². The van der Waals surface area contributed by atoms with Gasteiger partial charge in [0.2, 0.25) is 0 Å². The van der Waals surface area contributed by atoms with Gasteiger partial charge in [-0.25, -0.2) is 8.42 Å². The summed E-state index contributed by atoms with van der Waals surface area (Å²) in [5.74, 6) is 0. The summed E-state index contributed by atoms with van der Waals surface area (Å²) in [6, 6.07) is 15.2. The van der Waals surface area contributed by atoms with Crippen LogP contribution in [0, 0.1) is 12.5 Å². The molecule has 0 aliphatic heterocycles. The maximum Gasteiger partial charge on any atom is 0.352 e. The minimum atomic E-state index is -4.59. The molecule has 7 nitrogen and oxygen atoms in total. The summed E-state index contributed by atoms with van der Waals surface area (Å²) >= 11 is 0. The Morgan fingerprint density at radius 3 is 2.12 bits per heavy atom. The SMILES string of the molecule is Cc1ccc(S(=O)(=O)N(CCCc2ccccc2)S(=O)(=O)N=N)cc1. The van der Waals surface area contributed by atoms with Crippen LogP contribution >= 0.6 is 0 Å². The smallest absolute Gasteiger partial charge is 0.206 e. The quantitative estimate of drug-likeness (QED) is 0.709. The van der Waals surface area contributed by atoms with Crippen LogP contribution in [-0.2, 0) is 26.7 Å². The van der Waals surface area contributed by atoms with E-state index in [4.69, 9.17) is 5.53 Å². The van der Waals surface area contributed by atoms with Gasteiger partial charge in [0.05, 0.1) is 4.90 Å². The molecule has 0 aromatic heterocycles. The highest BCUT2D eigenvalue weighted by atomic mass is 32.3. The predicted octanol–water partition coefficient (Wildman–Crippen LogP) is 2.89. The van der Waals surface area contributed by atoms with Crippen molar-refractivity contribution < 1.29 is 16.8 Å². The minimum Gasteiger partial charge on any atom is -0.206 e. The van der Waals surface area contributed by atoms with Gasteiger partial charge in [-0.1, -0.05) is 56.3 Å². The van der Waals surface area contributed by atoms with E-state index in [-0.39, 0.29) is 17.9 Å². The van der Waals surface area contributed by atoms with Crippen molar-refractivity contribution in [1.29, 1.82) is 5.53 Å². The number of rotatable bonds is 8.